The molecule has 1 unspecified atom stereocenters. The molecule has 1 amide bonds. The predicted molar refractivity (Wildman–Crippen MR) is 126 cm³/mol. The Morgan fingerprint density at radius 3 is 2.32 bits per heavy atom. The fraction of sp³-hybridized carbons (Fsp3) is 0.192. The minimum Gasteiger partial charge on any atom is -0.454 e. The first-order valence-electron chi connectivity index (χ1n) is 10.9. The standard InChI is InChI=1S/C26H22N2O6/c1-16(26(31)27-13-17-10-11-22-23(12-17)33-15-32-22)34-24(29)14-28-20-8-4-2-6-18(20)25(30)19-7-3-5-9-21(19)28/h2-12,16H,13-15H2,1H3,(H,27,31). The van der Waals surface area contributed by atoms with Gasteiger partial charge in [0.25, 0.3) is 5.91 Å². The van der Waals surface area contributed by atoms with E-state index in [1.807, 2.05) is 18.2 Å². The Morgan fingerprint density at radius 2 is 1.62 bits per heavy atom. The molecule has 0 bridgehead atoms. The molecule has 4 aromatic rings. The van der Waals surface area contributed by atoms with Gasteiger partial charge in [-0.2, -0.15) is 0 Å². The summed E-state index contributed by atoms with van der Waals surface area (Å²) in [5, 5.41) is 3.80. The van der Waals surface area contributed by atoms with Gasteiger partial charge >= 0.3 is 5.97 Å². The highest BCUT2D eigenvalue weighted by molar-refractivity contribution is 5.94. The van der Waals surface area contributed by atoms with Gasteiger partial charge in [-0.15, -0.1) is 0 Å². The Kier molecular flexibility index (Phi) is 5.63. The second-order valence-electron chi connectivity index (χ2n) is 7.99. The van der Waals surface area contributed by atoms with E-state index in [0.717, 1.165) is 5.56 Å². The van der Waals surface area contributed by atoms with Crippen molar-refractivity contribution in [3.05, 3.63) is 82.5 Å². The molecular weight excluding hydrogens is 436 g/mol. The number of carbonyl (C=O) groups is 2. The number of pyridine rings is 1. The molecule has 1 aliphatic heterocycles. The molecule has 1 N–H and O–H groups in total. The molecule has 1 atom stereocenters. The maximum atomic E-state index is 12.8. The van der Waals surface area contributed by atoms with Crippen molar-refractivity contribution >= 4 is 33.7 Å². The van der Waals surface area contributed by atoms with E-state index in [-0.39, 0.29) is 25.3 Å². The van der Waals surface area contributed by atoms with Crippen LogP contribution in [0.5, 0.6) is 11.5 Å². The van der Waals surface area contributed by atoms with E-state index >= 15 is 0 Å². The third-order valence-electron chi connectivity index (χ3n) is 5.75. The van der Waals surface area contributed by atoms with Crippen molar-refractivity contribution in [3.8, 4) is 11.5 Å². The maximum Gasteiger partial charge on any atom is 0.326 e. The van der Waals surface area contributed by atoms with Crippen LogP contribution in [0.2, 0.25) is 0 Å². The molecule has 1 aliphatic rings. The fourth-order valence-electron chi connectivity index (χ4n) is 4.05. The van der Waals surface area contributed by atoms with Crippen LogP contribution in [0.15, 0.2) is 71.5 Å². The van der Waals surface area contributed by atoms with Crippen molar-refractivity contribution in [1.82, 2.24) is 9.88 Å². The molecular formula is C26H22N2O6. The number of para-hydroxylation sites is 2. The quantitative estimate of drug-likeness (QED) is 0.352. The maximum absolute atomic E-state index is 12.8. The lowest BCUT2D eigenvalue weighted by Crippen LogP contribution is -2.36. The second kappa shape index (κ2) is 8.90. The van der Waals surface area contributed by atoms with E-state index < -0.39 is 18.0 Å². The molecule has 1 aromatic heterocycles. The number of esters is 1. The van der Waals surface area contributed by atoms with Gasteiger partial charge in [-0.05, 0) is 48.9 Å². The zero-order chi connectivity index (χ0) is 23.7. The number of fused-ring (bicyclic) bond motifs is 3. The number of aromatic nitrogens is 1. The molecule has 3 aromatic carbocycles. The normalized spacial score (nSPS) is 13.1. The van der Waals surface area contributed by atoms with Crippen molar-refractivity contribution in [3.63, 3.8) is 0 Å². The lowest BCUT2D eigenvalue weighted by Gasteiger charge is -2.17. The molecule has 0 spiro atoms. The Balaban J connectivity index is 1.29. The van der Waals surface area contributed by atoms with Gasteiger partial charge in [0.05, 0.1) is 11.0 Å². The highest BCUT2D eigenvalue weighted by Crippen LogP contribution is 2.32. The highest BCUT2D eigenvalue weighted by atomic mass is 16.7. The summed E-state index contributed by atoms with van der Waals surface area (Å²) in [4.78, 5) is 38.1. The van der Waals surface area contributed by atoms with Crippen LogP contribution in [0.3, 0.4) is 0 Å². The van der Waals surface area contributed by atoms with E-state index in [0.29, 0.717) is 33.3 Å². The van der Waals surface area contributed by atoms with E-state index in [4.69, 9.17) is 14.2 Å². The highest BCUT2D eigenvalue weighted by Gasteiger charge is 2.20. The van der Waals surface area contributed by atoms with Crippen LogP contribution in [0, 0.1) is 0 Å². The van der Waals surface area contributed by atoms with Gasteiger partial charge in [0, 0.05) is 17.3 Å². The molecule has 5 rings (SSSR count). The molecule has 8 nitrogen and oxygen atoms in total. The van der Waals surface area contributed by atoms with Crippen LogP contribution >= 0.6 is 0 Å². The number of ether oxygens (including phenoxy) is 3. The van der Waals surface area contributed by atoms with Crippen LogP contribution in [-0.4, -0.2) is 29.3 Å². The number of hydrogen-bond donors (Lipinski definition) is 1. The minimum atomic E-state index is -0.988. The lowest BCUT2D eigenvalue weighted by molar-refractivity contribution is -0.155. The molecule has 0 aliphatic carbocycles. The monoisotopic (exact) mass is 458 g/mol. The van der Waals surface area contributed by atoms with E-state index in [1.54, 1.807) is 53.1 Å². The number of hydrogen-bond acceptors (Lipinski definition) is 6. The summed E-state index contributed by atoms with van der Waals surface area (Å²) >= 11 is 0. The van der Waals surface area contributed by atoms with Gasteiger partial charge in [0.15, 0.2) is 23.0 Å². The van der Waals surface area contributed by atoms with E-state index in [1.165, 1.54) is 6.92 Å². The first-order chi connectivity index (χ1) is 16.5. The zero-order valence-corrected chi connectivity index (χ0v) is 18.4. The predicted octanol–water partition coefficient (Wildman–Crippen LogP) is 3.13. The summed E-state index contributed by atoms with van der Waals surface area (Å²) in [5.74, 6) is 0.303. The molecule has 0 fully saturated rings. The van der Waals surface area contributed by atoms with Crippen molar-refractivity contribution < 1.29 is 23.8 Å². The molecule has 2 heterocycles. The third kappa shape index (κ3) is 4.05. The van der Waals surface area contributed by atoms with Gasteiger partial charge in [0.2, 0.25) is 6.79 Å². The second-order valence-corrected chi connectivity index (χ2v) is 7.99. The first-order valence-corrected chi connectivity index (χ1v) is 10.9. The first kappa shape index (κ1) is 21.5. The summed E-state index contributed by atoms with van der Waals surface area (Å²) in [6.45, 7) is 1.82. The molecule has 8 heteroatoms. The van der Waals surface area contributed by atoms with Crippen LogP contribution in [0.1, 0.15) is 12.5 Å². The van der Waals surface area contributed by atoms with Gasteiger partial charge < -0.3 is 24.1 Å². The van der Waals surface area contributed by atoms with E-state index in [2.05, 4.69) is 5.32 Å². The fourth-order valence-corrected chi connectivity index (χ4v) is 4.05. The summed E-state index contributed by atoms with van der Waals surface area (Å²) in [5.41, 5.74) is 2.00. The zero-order valence-electron chi connectivity index (χ0n) is 18.4. The molecule has 34 heavy (non-hydrogen) atoms. The Morgan fingerprint density at radius 1 is 0.971 bits per heavy atom. The lowest BCUT2D eigenvalue weighted by atomic mass is 10.1. The minimum absolute atomic E-state index is 0.0907. The van der Waals surface area contributed by atoms with Gasteiger partial charge in [-0.1, -0.05) is 30.3 Å². The summed E-state index contributed by atoms with van der Waals surface area (Å²) in [6.07, 6.45) is -0.988. The van der Waals surface area contributed by atoms with Crippen molar-refractivity contribution in [2.75, 3.05) is 6.79 Å². The Labute approximate surface area is 194 Å². The summed E-state index contributed by atoms with van der Waals surface area (Å²) in [6, 6.07) is 19.7. The third-order valence-corrected chi connectivity index (χ3v) is 5.75. The Hall–Kier alpha value is -4.33. The smallest absolute Gasteiger partial charge is 0.326 e. The van der Waals surface area contributed by atoms with Crippen LogP contribution in [0.4, 0.5) is 0 Å². The summed E-state index contributed by atoms with van der Waals surface area (Å²) < 4.78 is 17.8. The number of nitrogens with one attached hydrogen (secondary N) is 1. The van der Waals surface area contributed by atoms with Crippen LogP contribution in [0.25, 0.3) is 21.8 Å². The number of amides is 1. The van der Waals surface area contributed by atoms with Crippen LogP contribution < -0.4 is 20.2 Å². The number of benzene rings is 3. The van der Waals surface area contributed by atoms with Crippen molar-refractivity contribution in [2.24, 2.45) is 0 Å². The topological polar surface area (TPSA) is 95.9 Å². The number of carbonyl (C=O) groups excluding carboxylic acids is 2. The van der Waals surface area contributed by atoms with Crippen molar-refractivity contribution in [1.29, 1.82) is 0 Å². The molecule has 0 saturated heterocycles. The molecule has 0 radical (unpaired) electrons. The average molecular weight is 458 g/mol. The molecule has 172 valence electrons. The van der Waals surface area contributed by atoms with Crippen molar-refractivity contribution in [2.45, 2.75) is 26.1 Å². The summed E-state index contributed by atoms with van der Waals surface area (Å²) in [7, 11) is 0. The number of rotatable bonds is 6. The Bertz CT molecular complexity index is 1420. The van der Waals surface area contributed by atoms with Gasteiger partial charge in [-0.25, -0.2) is 0 Å². The largest absolute Gasteiger partial charge is 0.454 e. The van der Waals surface area contributed by atoms with Crippen LogP contribution in [-0.2, 0) is 27.4 Å². The van der Waals surface area contributed by atoms with Gasteiger partial charge in [0.1, 0.15) is 6.54 Å². The SMILES string of the molecule is CC(OC(=O)Cn1c2ccccc2c(=O)c2ccccc21)C(=O)NCc1ccc2c(c1)OCO2. The van der Waals surface area contributed by atoms with E-state index in [9.17, 15) is 14.4 Å². The molecule has 0 saturated carbocycles. The number of nitrogens with zero attached hydrogens (tertiary/aromatic N) is 1. The van der Waals surface area contributed by atoms with Gasteiger partial charge in [-0.3, -0.25) is 14.4 Å². The average Bonchev–Trinajstić information content (AvgIpc) is 3.33.